The van der Waals surface area contributed by atoms with Gasteiger partial charge in [0.1, 0.15) is 11.6 Å². The van der Waals surface area contributed by atoms with E-state index in [0.717, 1.165) is 42.9 Å². The monoisotopic (exact) mass is 348 g/mol. The molecule has 2 aromatic rings. The first-order valence-electron chi connectivity index (χ1n) is 9.46. The van der Waals surface area contributed by atoms with Crippen LogP contribution in [0, 0.1) is 0 Å². The topological polar surface area (TPSA) is 35.8 Å². The molecular weight excluding hydrogens is 320 g/mol. The Morgan fingerprint density at radius 3 is 2.42 bits per heavy atom. The number of benzene rings is 2. The van der Waals surface area contributed by atoms with Crippen molar-refractivity contribution in [2.75, 3.05) is 6.54 Å². The Balaban J connectivity index is 1.95. The number of phenolic OH excluding ortho intramolecular Hbond substituents is 1. The van der Waals surface area contributed by atoms with Crippen LogP contribution in [0.5, 0.6) is 5.75 Å². The van der Waals surface area contributed by atoms with Gasteiger partial charge in [-0.05, 0) is 56.4 Å². The van der Waals surface area contributed by atoms with Gasteiger partial charge >= 0.3 is 0 Å². The zero-order chi connectivity index (χ0) is 18.5. The van der Waals surface area contributed by atoms with Gasteiger partial charge in [0.25, 0.3) is 0 Å². The van der Waals surface area contributed by atoms with E-state index in [-0.39, 0.29) is 0 Å². The van der Waals surface area contributed by atoms with Crippen molar-refractivity contribution < 1.29 is 5.11 Å². The summed E-state index contributed by atoms with van der Waals surface area (Å²) in [6.45, 7) is 7.41. The van der Waals surface area contributed by atoms with Gasteiger partial charge in [-0.3, -0.25) is 0 Å². The minimum absolute atomic E-state index is 0.299. The molecule has 1 unspecified atom stereocenters. The molecular formula is C23H28N2O. The molecule has 0 fully saturated rings. The lowest BCUT2D eigenvalue weighted by Crippen LogP contribution is -2.40. The fourth-order valence-corrected chi connectivity index (χ4v) is 3.46. The molecule has 0 radical (unpaired) electrons. The summed E-state index contributed by atoms with van der Waals surface area (Å²) in [7, 11) is 0. The Bertz CT molecular complexity index is 808. The summed E-state index contributed by atoms with van der Waals surface area (Å²) in [4.78, 5) is 7.30. The number of rotatable bonds is 6. The van der Waals surface area contributed by atoms with Crippen molar-refractivity contribution >= 4 is 11.5 Å². The van der Waals surface area contributed by atoms with Crippen molar-refractivity contribution in [2.24, 2.45) is 4.99 Å². The second kappa shape index (κ2) is 8.22. The van der Waals surface area contributed by atoms with E-state index in [1.807, 2.05) is 18.2 Å². The number of hydrogen-bond donors (Lipinski definition) is 1. The number of nitrogens with zero attached hydrogens (tertiary/aromatic N) is 2. The number of aliphatic imine (C=N–C) groups is 1. The van der Waals surface area contributed by atoms with Crippen LogP contribution in [-0.2, 0) is 6.42 Å². The second-order valence-electron chi connectivity index (χ2n) is 7.00. The Morgan fingerprint density at radius 2 is 1.73 bits per heavy atom. The molecule has 0 saturated heterocycles. The highest BCUT2D eigenvalue weighted by Gasteiger charge is 2.24. The average molecular weight is 348 g/mol. The molecule has 1 heterocycles. The van der Waals surface area contributed by atoms with Crippen molar-refractivity contribution in [3.05, 3.63) is 71.3 Å². The van der Waals surface area contributed by atoms with E-state index in [4.69, 9.17) is 4.99 Å². The molecule has 26 heavy (non-hydrogen) atoms. The van der Waals surface area contributed by atoms with E-state index in [1.54, 1.807) is 6.07 Å². The van der Waals surface area contributed by atoms with Gasteiger partial charge in [-0.1, -0.05) is 49.4 Å². The molecule has 0 aliphatic carbocycles. The Morgan fingerprint density at radius 1 is 1.04 bits per heavy atom. The van der Waals surface area contributed by atoms with Crippen LogP contribution in [0.25, 0.3) is 5.70 Å². The van der Waals surface area contributed by atoms with Crippen molar-refractivity contribution in [2.45, 2.75) is 46.1 Å². The van der Waals surface area contributed by atoms with Crippen molar-refractivity contribution in [3.63, 3.8) is 0 Å². The van der Waals surface area contributed by atoms with Gasteiger partial charge in [-0.25, -0.2) is 4.99 Å². The average Bonchev–Trinajstić information content (AvgIpc) is 2.67. The number of hydrogen-bond acceptors (Lipinski definition) is 3. The largest absolute Gasteiger partial charge is 0.507 e. The molecule has 3 rings (SSSR count). The number of aryl methyl sites for hydroxylation is 1. The molecule has 0 bridgehead atoms. The SMILES string of the molecule is CCC(C)N1CC(CCc2ccccc2)=C(c2ccccc2O)N=C1C. The predicted molar refractivity (Wildman–Crippen MR) is 109 cm³/mol. The summed E-state index contributed by atoms with van der Waals surface area (Å²) in [6.07, 6.45) is 3.01. The number of amidine groups is 1. The maximum Gasteiger partial charge on any atom is 0.124 e. The predicted octanol–water partition coefficient (Wildman–Crippen LogP) is 5.27. The normalized spacial score (nSPS) is 15.8. The van der Waals surface area contributed by atoms with Gasteiger partial charge in [-0.2, -0.15) is 0 Å². The van der Waals surface area contributed by atoms with Crippen LogP contribution in [-0.4, -0.2) is 28.4 Å². The first kappa shape index (κ1) is 18.2. The lowest BCUT2D eigenvalue weighted by Gasteiger charge is -2.35. The summed E-state index contributed by atoms with van der Waals surface area (Å²) in [6, 6.07) is 18.5. The highest BCUT2D eigenvalue weighted by Crippen LogP contribution is 2.33. The summed E-state index contributed by atoms with van der Waals surface area (Å²) < 4.78 is 0. The quantitative estimate of drug-likeness (QED) is 0.772. The Labute approximate surface area is 156 Å². The van der Waals surface area contributed by atoms with Crippen LogP contribution >= 0.6 is 0 Å². The summed E-state index contributed by atoms with van der Waals surface area (Å²) >= 11 is 0. The van der Waals surface area contributed by atoms with Crippen molar-refractivity contribution in [1.82, 2.24) is 4.90 Å². The zero-order valence-electron chi connectivity index (χ0n) is 15.9. The number of aromatic hydroxyl groups is 1. The maximum atomic E-state index is 10.4. The van der Waals surface area contributed by atoms with Crippen LogP contribution < -0.4 is 0 Å². The number of para-hydroxylation sites is 1. The molecule has 1 N–H and O–H groups in total. The molecule has 1 atom stereocenters. The molecule has 3 heteroatoms. The van der Waals surface area contributed by atoms with Crippen LogP contribution in [0.4, 0.5) is 0 Å². The van der Waals surface area contributed by atoms with Gasteiger partial charge in [0.05, 0.1) is 5.70 Å². The first-order chi connectivity index (χ1) is 12.6. The van der Waals surface area contributed by atoms with E-state index < -0.39 is 0 Å². The highest BCUT2D eigenvalue weighted by atomic mass is 16.3. The molecule has 0 amide bonds. The van der Waals surface area contributed by atoms with E-state index in [1.165, 1.54) is 11.1 Å². The van der Waals surface area contributed by atoms with Crippen molar-refractivity contribution in [3.8, 4) is 5.75 Å². The van der Waals surface area contributed by atoms with Gasteiger partial charge in [-0.15, -0.1) is 0 Å². The highest BCUT2D eigenvalue weighted by molar-refractivity contribution is 5.90. The molecule has 2 aromatic carbocycles. The Kier molecular flexibility index (Phi) is 5.77. The number of phenols is 1. The van der Waals surface area contributed by atoms with Crippen LogP contribution in [0.1, 0.15) is 44.7 Å². The third kappa shape index (κ3) is 3.98. The first-order valence-corrected chi connectivity index (χ1v) is 9.46. The minimum Gasteiger partial charge on any atom is -0.507 e. The van der Waals surface area contributed by atoms with E-state index in [2.05, 4.69) is 56.0 Å². The summed E-state index contributed by atoms with van der Waals surface area (Å²) in [5.74, 6) is 1.33. The minimum atomic E-state index is 0.299. The fourth-order valence-electron chi connectivity index (χ4n) is 3.46. The smallest absolute Gasteiger partial charge is 0.124 e. The molecule has 0 aromatic heterocycles. The van der Waals surface area contributed by atoms with Crippen LogP contribution in [0.15, 0.2) is 65.2 Å². The Hall–Kier alpha value is -2.55. The fraction of sp³-hybridized carbons (Fsp3) is 0.348. The van der Waals surface area contributed by atoms with Crippen molar-refractivity contribution in [1.29, 1.82) is 0 Å². The van der Waals surface area contributed by atoms with Crippen LogP contribution in [0.2, 0.25) is 0 Å². The third-order valence-electron chi connectivity index (χ3n) is 5.23. The van der Waals surface area contributed by atoms with E-state index in [9.17, 15) is 5.11 Å². The standard InChI is InChI=1S/C23H28N2O/c1-4-17(2)25-16-20(15-14-19-10-6-5-7-11-19)23(24-18(25)3)21-12-8-9-13-22(21)26/h5-13,17,26H,4,14-16H2,1-3H3. The third-order valence-corrected chi connectivity index (χ3v) is 5.23. The van der Waals surface area contributed by atoms with E-state index in [0.29, 0.717) is 11.8 Å². The molecule has 0 spiro atoms. The van der Waals surface area contributed by atoms with Gasteiger partial charge in [0.2, 0.25) is 0 Å². The zero-order valence-corrected chi connectivity index (χ0v) is 15.9. The van der Waals surface area contributed by atoms with Crippen LogP contribution in [0.3, 0.4) is 0 Å². The molecule has 0 saturated carbocycles. The summed E-state index contributed by atoms with van der Waals surface area (Å²) in [5, 5.41) is 10.4. The van der Waals surface area contributed by atoms with Gasteiger partial charge in [0.15, 0.2) is 0 Å². The van der Waals surface area contributed by atoms with Gasteiger partial charge < -0.3 is 10.0 Å². The molecule has 1 aliphatic rings. The lowest BCUT2D eigenvalue weighted by molar-refractivity contribution is 0.336. The lowest BCUT2D eigenvalue weighted by atomic mass is 9.96. The molecule has 3 nitrogen and oxygen atoms in total. The molecule has 136 valence electrons. The molecule has 1 aliphatic heterocycles. The second-order valence-corrected chi connectivity index (χ2v) is 7.00. The maximum absolute atomic E-state index is 10.4. The van der Waals surface area contributed by atoms with E-state index >= 15 is 0 Å². The summed E-state index contributed by atoms with van der Waals surface area (Å²) in [5.41, 5.74) is 4.40. The van der Waals surface area contributed by atoms with Gasteiger partial charge in [0, 0.05) is 18.2 Å².